The summed E-state index contributed by atoms with van der Waals surface area (Å²) in [4.78, 5) is 0. The molecule has 2 aromatic rings. The average molecular weight is 281 g/mol. The van der Waals surface area contributed by atoms with Crippen LogP contribution in [0.4, 0.5) is 10.1 Å². The molecule has 0 amide bonds. The van der Waals surface area contributed by atoms with E-state index in [4.69, 9.17) is 10.5 Å². The molecule has 21 heavy (non-hydrogen) atoms. The maximum Gasteiger partial charge on any atom is 0.124 e. The summed E-state index contributed by atoms with van der Waals surface area (Å²) in [6.07, 6.45) is 0. The maximum absolute atomic E-state index is 13.4. The van der Waals surface area contributed by atoms with Gasteiger partial charge in [-0.1, -0.05) is 24.5 Å². The van der Waals surface area contributed by atoms with E-state index in [1.165, 1.54) is 19.2 Å². The fourth-order valence-electron chi connectivity index (χ4n) is 1.88. The van der Waals surface area contributed by atoms with Gasteiger partial charge < -0.3 is 10.5 Å². The first-order chi connectivity index (χ1) is 10.0. The van der Waals surface area contributed by atoms with Gasteiger partial charge in [0.25, 0.3) is 0 Å². The van der Waals surface area contributed by atoms with Crippen molar-refractivity contribution in [2.75, 3.05) is 12.8 Å². The smallest absolute Gasteiger partial charge is 0.124 e. The summed E-state index contributed by atoms with van der Waals surface area (Å²) < 4.78 is 18.4. The largest absolute Gasteiger partial charge is 0.497 e. The Labute approximate surface area is 124 Å². The van der Waals surface area contributed by atoms with E-state index in [1.54, 1.807) is 6.07 Å². The Morgan fingerprint density at radius 1 is 1.14 bits per heavy atom. The van der Waals surface area contributed by atoms with Crippen LogP contribution in [-0.2, 0) is 4.74 Å². The summed E-state index contributed by atoms with van der Waals surface area (Å²) in [7, 11) is 1.49. The Morgan fingerprint density at radius 3 is 2.57 bits per heavy atom. The Bertz CT molecular complexity index is 754. The van der Waals surface area contributed by atoms with Crippen LogP contribution in [0.3, 0.4) is 0 Å². The highest BCUT2D eigenvalue weighted by molar-refractivity contribution is 5.67. The normalized spacial score (nSPS) is 9.67. The van der Waals surface area contributed by atoms with E-state index >= 15 is 0 Å². The molecule has 0 atom stereocenters. The topological polar surface area (TPSA) is 35.2 Å². The molecule has 106 valence electrons. The second-order valence-corrected chi connectivity index (χ2v) is 4.66. The first-order valence-corrected chi connectivity index (χ1v) is 6.42. The van der Waals surface area contributed by atoms with Crippen molar-refractivity contribution in [3.05, 3.63) is 71.0 Å². The lowest BCUT2D eigenvalue weighted by Gasteiger charge is -2.07. The monoisotopic (exact) mass is 281 g/mol. The molecule has 0 spiro atoms. The van der Waals surface area contributed by atoms with Gasteiger partial charge in [0, 0.05) is 22.4 Å². The molecule has 0 saturated heterocycles. The van der Waals surface area contributed by atoms with Gasteiger partial charge in [-0.2, -0.15) is 0 Å². The molecule has 0 aliphatic heterocycles. The minimum Gasteiger partial charge on any atom is -0.497 e. The molecule has 2 rings (SSSR count). The molecule has 2 N–H and O–H groups in total. The van der Waals surface area contributed by atoms with E-state index in [2.05, 4.69) is 18.4 Å². The molecule has 0 unspecified atom stereocenters. The van der Waals surface area contributed by atoms with Crippen LogP contribution in [0.1, 0.15) is 22.3 Å². The van der Waals surface area contributed by atoms with E-state index in [9.17, 15) is 4.39 Å². The van der Waals surface area contributed by atoms with Gasteiger partial charge in [-0.15, -0.1) is 0 Å². The van der Waals surface area contributed by atoms with Crippen LogP contribution in [0, 0.1) is 24.6 Å². The highest BCUT2D eigenvalue weighted by Gasteiger charge is 2.06. The summed E-state index contributed by atoms with van der Waals surface area (Å²) in [5.74, 6) is 6.03. The Kier molecular flexibility index (Phi) is 4.30. The molecule has 3 heteroatoms. The van der Waals surface area contributed by atoms with Crippen LogP contribution in [-0.4, -0.2) is 7.11 Å². The van der Waals surface area contributed by atoms with Crippen molar-refractivity contribution >= 4 is 11.4 Å². The fraction of sp³-hybridized carbons (Fsp3) is 0.111. The van der Waals surface area contributed by atoms with Crippen molar-refractivity contribution in [2.45, 2.75) is 6.92 Å². The quantitative estimate of drug-likeness (QED) is 0.517. The molecule has 0 fully saturated rings. The SMILES string of the molecule is C=C(OC)c1cc(F)ccc1C#Cc1cc(C)ccc1N. The highest BCUT2D eigenvalue weighted by Crippen LogP contribution is 2.20. The number of hydrogen-bond donors (Lipinski definition) is 1. The van der Waals surface area contributed by atoms with Crippen LogP contribution in [0.5, 0.6) is 0 Å². The third-order valence-electron chi connectivity index (χ3n) is 3.07. The molecule has 0 aliphatic carbocycles. The average Bonchev–Trinajstić information content (AvgIpc) is 2.48. The number of hydrogen-bond acceptors (Lipinski definition) is 2. The molecular formula is C18H16FNO. The van der Waals surface area contributed by atoms with Crippen molar-refractivity contribution in [1.82, 2.24) is 0 Å². The molecule has 0 saturated carbocycles. The third-order valence-corrected chi connectivity index (χ3v) is 3.07. The number of benzene rings is 2. The zero-order valence-electron chi connectivity index (χ0n) is 12.0. The van der Waals surface area contributed by atoms with Gasteiger partial charge in [-0.25, -0.2) is 4.39 Å². The number of methoxy groups -OCH3 is 1. The summed E-state index contributed by atoms with van der Waals surface area (Å²) in [6, 6.07) is 9.98. The number of anilines is 1. The minimum atomic E-state index is -0.358. The third kappa shape index (κ3) is 3.43. The van der Waals surface area contributed by atoms with Gasteiger partial charge in [-0.05, 0) is 42.8 Å². The Balaban J connectivity index is 2.47. The van der Waals surface area contributed by atoms with Crippen LogP contribution in [0.2, 0.25) is 0 Å². The van der Waals surface area contributed by atoms with Gasteiger partial charge >= 0.3 is 0 Å². The number of rotatable bonds is 2. The summed E-state index contributed by atoms with van der Waals surface area (Å²) >= 11 is 0. The van der Waals surface area contributed by atoms with E-state index in [0.717, 1.165) is 11.1 Å². The minimum absolute atomic E-state index is 0.358. The number of halogens is 1. The lowest BCUT2D eigenvalue weighted by Crippen LogP contribution is -1.93. The van der Waals surface area contributed by atoms with Gasteiger partial charge in [-0.3, -0.25) is 0 Å². The van der Waals surface area contributed by atoms with Crippen molar-refractivity contribution in [2.24, 2.45) is 0 Å². The molecule has 0 aromatic heterocycles. The zero-order chi connectivity index (χ0) is 15.4. The first kappa shape index (κ1) is 14.7. The van der Waals surface area contributed by atoms with E-state index < -0.39 is 0 Å². The lowest BCUT2D eigenvalue weighted by atomic mass is 10.0. The van der Waals surface area contributed by atoms with Crippen molar-refractivity contribution < 1.29 is 9.13 Å². The second-order valence-electron chi connectivity index (χ2n) is 4.66. The lowest BCUT2D eigenvalue weighted by molar-refractivity contribution is 0.371. The molecule has 0 aliphatic rings. The fourth-order valence-corrected chi connectivity index (χ4v) is 1.88. The molecular weight excluding hydrogens is 265 g/mol. The molecule has 2 aromatic carbocycles. The van der Waals surface area contributed by atoms with E-state index in [-0.39, 0.29) is 5.82 Å². The van der Waals surface area contributed by atoms with Crippen molar-refractivity contribution in [3.8, 4) is 11.8 Å². The standard InChI is InChI=1S/C18H16FNO/c1-12-4-9-18(20)15(10-12)6-5-14-7-8-16(19)11-17(14)13(2)21-3/h4,7-11H,2,20H2,1,3H3. The molecule has 2 nitrogen and oxygen atoms in total. The molecule has 0 bridgehead atoms. The number of ether oxygens (including phenoxy) is 1. The Hall–Kier alpha value is -2.73. The number of nitrogen functional groups attached to an aromatic ring is 1. The summed E-state index contributed by atoms with van der Waals surface area (Å²) in [6.45, 7) is 5.72. The van der Waals surface area contributed by atoms with Crippen LogP contribution < -0.4 is 5.73 Å². The predicted octanol–water partition coefficient (Wildman–Crippen LogP) is 3.73. The van der Waals surface area contributed by atoms with Crippen LogP contribution >= 0.6 is 0 Å². The second kappa shape index (κ2) is 6.15. The Morgan fingerprint density at radius 2 is 1.86 bits per heavy atom. The highest BCUT2D eigenvalue weighted by atomic mass is 19.1. The first-order valence-electron chi connectivity index (χ1n) is 6.42. The van der Waals surface area contributed by atoms with Gasteiger partial charge in [0.15, 0.2) is 0 Å². The van der Waals surface area contributed by atoms with E-state index in [0.29, 0.717) is 22.6 Å². The van der Waals surface area contributed by atoms with Crippen molar-refractivity contribution in [1.29, 1.82) is 0 Å². The number of aryl methyl sites for hydroxylation is 1. The van der Waals surface area contributed by atoms with Gasteiger partial charge in [0.2, 0.25) is 0 Å². The van der Waals surface area contributed by atoms with Gasteiger partial charge in [0.05, 0.1) is 7.11 Å². The van der Waals surface area contributed by atoms with E-state index in [1.807, 2.05) is 25.1 Å². The summed E-state index contributed by atoms with van der Waals surface area (Å²) in [5, 5.41) is 0. The summed E-state index contributed by atoms with van der Waals surface area (Å²) in [5.41, 5.74) is 9.51. The zero-order valence-corrected chi connectivity index (χ0v) is 12.0. The van der Waals surface area contributed by atoms with Crippen LogP contribution in [0.25, 0.3) is 5.76 Å². The van der Waals surface area contributed by atoms with Crippen LogP contribution in [0.15, 0.2) is 43.0 Å². The van der Waals surface area contributed by atoms with Gasteiger partial charge in [0.1, 0.15) is 11.6 Å². The number of nitrogens with two attached hydrogens (primary N) is 1. The van der Waals surface area contributed by atoms with Crippen molar-refractivity contribution in [3.63, 3.8) is 0 Å². The predicted molar refractivity (Wildman–Crippen MR) is 84.0 cm³/mol. The molecule has 0 radical (unpaired) electrons. The maximum atomic E-state index is 13.4. The molecule has 0 heterocycles.